The molecule has 0 fully saturated rings. The standard InChI is InChI=1S/C20H34O5/c1-2-3-4-5-8-11-14-17(21)20(25)18(22)15-12-9-6-7-10-13-16-19(23)24/h6-8,11-12,15,17-18,20-22,25H,2-5,9-10,13-14,16H2,1H3,(H,23,24)/b7-6-,11-8-,15-12-/t17-,18+,20-/m1/s1. The fourth-order valence-electron chi connectivity index (χ4n) is 2.23. The number of carboxylic acid groups (broad SMARTS) is 1. The summed E-state index contributed by atoms with van der Waals surface area (Å²) in [6.45, 7) is 2.15. The average Bonchev–Trinajstić information content (AvgIpc) is 2.58. The molecule has 0 aromatic rings. The van der Waals surface area contributed by atoms with Gasteiger partial charge in [-0.1, -0.05) is 56.2 Å². The topological polar surface area (TPSA) is 98.0 Å². The molecule has 5 nitrogen and oxygen atoms in total. The van der Waals surface area contributed by atoms with Gasteiger partial charge in [-0.2, -0.15) is 0 Å². The maximum absolute atomic E-state index is 10.3. The van der Waals surface area contributed by atoms with E-state index in [1.54, 1.807) is 6.08 Å². The van der Waals surface area contributed by atoms with Gasteiger partial charge in [-0.15, -0.1) is 0 Å². The number of rotatable bonds is 15. The first-order valence-electron chi connectivity index (χ1n) is 9.21. The normalized spacial score (nSPS) is 16.0. The summed E-state index contributed by atoms with van der Waals surface area (Å²) in [6, 6.07) is 0. The molecule has 5 heteroatoms. The van der Waals surface area contributed by atoms with Crippen molar-refractivity contribution in [1.82, 2.24) is 0 Å². The Morgan fingerprint density at radius 3 is 2.28 bits per heavy atom. The third-order valence-corrected chi connectivity index (χ3v) is 3.80. The lowest BCUT2D eigenvalue weighted by atomic mass is 10.0. The summed E-state index contributed by atoms with van der Waals surface area (Å²) in [6.07, 6.45) is 14.3. The van der Waals surface area contributed by atoms with Crippen LogP contribution in [0.15, 0.2) is 36.5 Å². The van der Waals surface area contributed by atoms with E-state index in [4.69, 9.17) is 5.11 Å². The molecule has 0 saturated heterocycles. The van der Waals surface area contributed by atoms with Gasteiger partial charge in [0, 0.05) is 6.42 Å². The highest BCUT2D eigenvalue weighted by molar-refractivity contribution is 5.66. The lowest BCUT2D eigenvalue weighted by Crippen LogP contribution is -2.35. The van der Waals surface area contributed by atoms with Crippen molar-refractivity contribution in [3.8, 4) is 0 Å². The van der Waals surface area contributed by atoms with Crippen LogP contribution in [-0.2, 0) is 4.79 Å². The minimum Gasteiger partial charge on any atom is -0.481 e. The van der Waals surface area contributed by atoms with E-state index in [-0.39, 0.29) is 6.42 Å². The van der Waals surface area contributed by atoms with E-state index in [0.29, 0.717) is 25.7 Å². The van der Waals surface area contributed by atoms with Gasteiger partial charge in [0.2, 0.25) is 0 Å². The quantitative estimate of drug-likeness (QED) is 0.267. The molecule has 0 aliphatic heterocycles. The molecular formula is C20H34O5. The minimum atomic E-state index is -1.21. The van der Waals surface area contributed by atoms with E-state index >= 15 is 0 Å². The highest BCUT2D eigenvalue weighted by atomic mass is 16.4. The molecule has 0 bridgehead atoms. The third-order valence-electron chi connectivity index (χ3n) is 3.80. The number of aliphatic carboxylic acids is 1. The van der Waals surface area contributed by atoms with E-state index < -0.39 is 24.3 Å². The zero-order valence-electron chi connectivity index (χ0n) is 15.3. The summed E-state index contributed by atoms with van der Waals surface area (Å²) in [5.41, 5.74) is 0. The van der Waals surface area contributed by atoms with Gasteiger partial charge in [0.15, 0.2) is 0 Å². The predicted molar refractivity (Wildman–Crippen MR) is 100 cm³/mol. The molecule has 0 aromatic heterocycles. The Bertz CT molecular complexity index is 414. The molecule has 3 atom stereocenters. The number of carboxylic acids is 1. The minimum absolute atomic E-state index is 0.163. The Morgan fingerprint density at radius 2 is 1.60 bits per heavy atom. The summed E-state index contributed by atoms with van der Waals surface area (Å²) in [5, 5.41) is 38.1. The molecule has 0 heterocycles. The first-order valence-corrected chi connectivity index (χ1v) is 9.21. The molecule has 0 aliphatic rings. The van der Waals surface area contributed by atoms with Crippen LogP contribution in [0.3, 0.4) is 0 Å². The second-order valence-electron chi connectivity index (χ2n) is 6.17. The first-order chi connectivity index (χ1) is 12.0. The van der Waals surface area contributed by atoms with Crippen LogP contribution in [0.4, 0.5) is 0 Å². The van der Waals surface area contributed by atoms with Crippen molar-refractivity contribution in [2.45, 2.75) is 83.0 Å². The Labute approximate surface area is 151 Å². The van der Waals surface area contributed by atoms with Crippen LogP contribution >= 0.6 is 0 Å². The van der Waals surface area contributed by atoms with Crippen molar-refractivity contribution in [2.75, 3.05) is 0 Å². The van der Waals surface area contributed by atoms with Gasteiger partial charge < -0.3 is 20.4 Å². The lowest BCUT2D eigenvalue weighted by molar-refractivity contribution is -0.137. The molecule has 0 unspecified atom stereocenters. The molecule has 144 valence electrons. The molecule has 0 saturated carbocycles. The largest absolute Gasteiger partial charge is 0.481 e. The SMILES string of the molecule is CCCCC/C=C\C[C@@H](O)[C@@H](O)[C@@H](O)/C=C\C/C=C\CCCC(=O)O. The monoisotopic (exact) mass is 354 g/mol. The van der Waals surface area contributed by atoms with Gasteiger partial charge in [0.05, 0.1) is 6.10 Å². The number of hydrogen-bond acceptors (Lipinski definition) is 4. The summed E-state index contributed by atoms with van der Waals surface area (Å²) >= 11 is 0. The number of aliphatic hydroxyl groups excluding tert-OH is 3. The van der Waals surface area contributed by atoms with Gasteiger partial charge in [0.25, 0.3) is 0 Å². The van der Waals surface area contributed by atoms with Crippen LogP contribution in [-0.4, -0.2) is 44.7 Å². The third kappa shape index (κ3) is 14.6. The number of carbonyl (C=O) groups is 1. The number of unbranched alkanes of at least 4 members (excludes halogenated alkanes) is 4. The van der Waals surface area contributed by atoms with E-state index in [0.717, 1.165) is 12.8 Å². The van der Waals surface area contributed by atoms with Crippen LogP contribution in [0.25, 0.3) is 0 Å². The predicted octanol–water partition coefficient (Wildman–Crippen LogP) is 3.35. The van der Waals surface area contributed by atoms with Crippen molar-refractivity contribution in [3.63, 3.8) is 0 Å². The average molecular weight is 354 g/mol. The molecule has 0 radical (unpaired) electrons. The lowest BCUT2D eigenvalue weighted by Gasteiger charge is -2.19. The van der Waals surface area contributed by atoms with Crippen LogP contribution in [0.2, 0.25) is 0 Å². The van der Waals surface area contributed by atoms with Crippen LogP contribution in [0.1, 0.15) is 64.7 Å². The summed E-state index contributed by atoms with van der Waals surface area (Å²) in [5.74, 6) is -0.792. The van der Waals surface area contributed by atoms with Crippen LogP contribution in [0, 0.1) is 0 Å². The zero-order valence-corrected chi connectivity index (χ0v) is 15.3. The zero-order chi connectivity index (χ0) is 18.9. The van der Waals surface area contributed by atoms with Crippen molar-refractivity contribution < 1.29 is 25.2 Å². The highest BCUT2D eigenvalue weighted by Crippen LogP contribution is 2.08. The second kappa shape index (κ2) is 16.1. The fraction of sp³-hybridized carbons (Fsp3) is 0.650. The summed E-state index contributed by atoms with van der Waals surface area (Å²) in [7, 11) is 0. The Morgan fingerprint density at radius 1 is 0.920 bits per heavy atom. The molecule has 0 rings (SSSR count). The molecule has 0 spiro atoms. The van der Waals surface area contributed by atoms with Gasteiger partial charge in [-0.25, -0.2) is 0 Å². The Kier molecular flexibility index (Phi) is 15.1. The van der Waals surface area contributed by atoms with Crippen molar-refractivity contribution in [1.29, 1.82) is 0 Å². The molecule has 0 amide bonds. The smallest absolute Gasteiger partial charge is 0.303 e. The number of hydrogen-bond donors (Lipinski definition) is 4. The van der Waals surface area contributed by atoms with E-state index in [9.17, 15) is 20.1 Å². The fourth-order valence-corrected chi connectivity index (χ4v) is 2.23. The van der Waals surface area contributed by atoms with Crippen molar-refractivity contribution in [2.24, 2.45) is 0 Å². The molecular weight excluding hydrogens is 320 g/mol. The van der Waals surface area contributed by atoms with Gasteiger partial charge in [0.1, 0.15) is 12.2 Å². The van der Waals surface area contributed by atoms with Crippen LogP contribution < -0.4 is 0 Å². The van der Waals surface area contributed by atoms with Crippen molar-refractivity contribution >= 4 is 5.97 Å². The molecule has 0 aliphatic carbocycles. The van der Waals surface area contributed by atoms with Gasteiger partial charge >= 0.3 is 5.97 Å². The van der Waals surface area contributed by atoms with Gasteiger partial charge in [-0.3, -0.25) is 4.79 Å². The summed E-state index contributed by atoms with van der Waals surface area (Å²) < 4.78 is 0. The van der Waals surface area contributed by atoms with E-state index in [1.807, 2.05) is 24.3 Å². The van der Waals surface area contributed by atoms with E-state index in [2.05, 4.69) is 6.92 Å². The Balaban J connectivity index is 3.92. The maximum atomic E-state index is 10.3. The van der Waals surface area contributed by atoms with Crippen molar-refractivity contribution in [3.05, 3.63) is 36.5 Å². The number of allylic oxidation sites excluding steroid dienone is 4. The maximum Gasteiger partial charge on any atom is 0.303 e. The second-order valence-corrected chi connectivity index (χ2v) is 6.17. The van der Waals surface area contributed by atoms with Gasteiger partial charge in [-0.05, 0) is 38.5 Å². The van der Waals surface area contributed by atoms with E-state index in [1.165, 1.54) is 18.9 Å². The number of aliphatic hydroxyl groups is 3. The summed E-state index contributed by atoms with van der Waals surface area (Å²) in [4.78, 5) is 10.3. The van der Waals surface area contributed by atoms with Crippen LogP contribution in [0.5, 0.6) is 0 Å². The molecule has 0 aromatic carbocycles. The molecule has 4 N–H and O–H groups in total. The molecule has 25 heavy (non-hydrogen) atoms. The Hall–Kier alpha value is -1.43. The first kappa shape index (κ1) is 23.6. The highest BCUT2D eigenvalue weighted by Gasteiger charge is 2.21.